The highest BCUT2D eigenvalue weighted by atomic mass is 35.5. The maximum absolute atomic E-state index is 6.04. The Bertz CT molecular complexity index is 277. The average Bonchev–Trinajstić information content (AvgIpc) is 2.54. The van der Waals surface area contributed by atoms with Crippen LogP contribution >= 0.6 is 11.6 Å². The summed E-state index contributed by atoms with van der Waals surface area (Å²) >= 11 is 6.04. The molecule has 0 aliphatic rings. The smallest absolute Gasteiger partial charge is 0.225 e. The fourth-order valence-electron chi connectivity index (χ4n) is 1.93. The normalized spacial score (nSPS) is 13.1. The van der Waals surface area contributed by atoms with Gasteiger partial charge in [0.15, 0.2) is 0 Å². The molecule has 0 spiro atoms. The zero-order valence-electron chi connectivity index (χ0n) is 9.83. The Labute approximate surface area is 96.8 Å². The van der Waals surface area contributed by atoms with Crippen molar-refractivity contribution in [3.63, 3.8) is 0 Å². The van der Waals surface area contributed by atoms with Gasteiger partial charge in [-0.3, -0.25) is 4.57 Å². The molecule has 0 N–H and O–H groups in total. The van der Waals surface area contributed by atoms with Crippen LogP contribution in [0.15, 0.2) is 0 Å². The van der Waals surface area contributed by atoms with Gasteiger partial charge in [-0.25, -0.2) is 0 Å². The lowest BCUT2D eigenvalue weighted by Gasteiger charge is -2.19. The van der Waals surface area contributed by atoms with Gasteiger partial charge in [-0.05, 0) is 31.4 Å². The quantitative estimate of drug-likeness (QED) is 0.744. The fraction of sp³-hybridized carbons (Fsp3) is 0.818. The molecule has 1 atom stereocenters. The molecule has 0 amide bonds. The third kappa shape index (κ3) is 3.20. The van der Waals surface area contributed by atoms with E-state index in [2.05, 4.69) is 28.6 Å². The fourth-order valence-corrected chi connectivity index (χ4v) is 2.23. The van der Waals surface area contributed by atoms with E-state index in [0.717, 1.165) is 12.2 Å². The maximum atomic E-state index is 6.04. The van der Waals surface area contributed by atoms with Gasteiger partial charge in [0.2, 0.25) is 5.28 Å². The minimum absolute atomic E-state index is 0.470. The number of halogens is 1. The van der Waals surface area contributed by atoms with E-state index in [9.17, 15) is 0 Å². The second-order valence-electron chi connectivity index (χ2n) is 3.97. The molecule has 4 heteroatoms. The lowest BCUT2D eigenvalue weighted by Crippen LogP contribution is -2.11. The monoisotopic (exact) mass is 229 g/mol. The minimum atomic E-state index is 0.470. The van der Waals surface area contributed by atoms with Crippen LogP contribution in [-0.2, 0) is 0 Å². The second-order valence-corrected chi connectivity index (χ2v) is 4.31. The summed E-state index contributed by atoms with van der Waals surface area (Å²) in [7, 11) is 0. The van der Waals surface area contributed by atoms with E-state index in [1.165, 1.54) is 25.7 Å². The topological polar surface area (TPSA) is 30.7 Å². The van der Waals surface area contributed by atoms with Crippen LogP contribution in [0, 0.1) is 6.92 Å². The number of unbranched alkanes of at least 4 members (excludes halogenated alkanes) is 1. The third-order valence-corrected chi connectivity index (χ3v) is 2.96. The first-order valence-corrected chi connectivity index (χ1v) is 6.15. The molecule has 1 unspecified atom stereocenters. The summed E-state index contributed by atoms with van der Waals surface area (Å²) in [6.07, 6.45) is 5.95. The van der Waals surface area contributed by atoms with Crippen molar-refractivity contribution in [2.75, 3.05) is 0 Å². The van der Waals surface area contributed by atoms with Crippen molar-refractivity contribution in [2.45, 2.75) is 58.9 Å². The molecule has 0 bridgehead atoms. The van der Waals surface area contributed by atoms with Crippen molar-refractivity contribution in [1.29, 1.82) is 0 Å². The molecule has 1 aromatic rings. The molecule has 1 aromatic heterocycles. The van der Waals surface area contributed by atoms with E-state index < -0.39 is 0 Å². The van der Waals surface area contributed by atoms with Crippen LogP contribution < -0.4 is 0 Å². The predicted molar refractivity (Wildman–Crippen MR) is 63.2 cm³/mol. The van der Waals surface area contributed by atoms with Crippen LogP contribution in [0.1, 0.15) is 57.8 Å². The van der Waals surface area contributed by atoms with Gasteiger partial charge in [0.05, 0.1) is 0 Å². The van der Waals surface area contributed by atoms with Gasteiger partial charge >= 0.3 is 0 Å². The molecule has 0 saturated heterocycles. The zero-order valence-corrected chi connectivity index (χ0v) is 10.6. The molecule has 0 aromatic carbocycles. The van der Waals surface area contributed by atoms with Crippen molar-refractivity contribution >= 4 is 11.6 Å². The molecule has 1 heterocycles. The van der Waals surface area contributed by atoms with Gasteiger partial charge in [0.25, 0.3) is 0 Å². The highest BCUT2D eigenvalue weighted by molar-refractivity contribution is 6.28. The summed E-state index contributed by atoms with van der Waals surface area (Å²) in [5.74, 6) is 0.926. The number of aromatic nitrogens is 3. The molecule has 15 heavy (non-hydrogen) atoms. The Balaban J connectivity index is 2.78. The lowest BCUT2D eigenvalue weighted by atomic mass is 10.1. The average molecular weight is 230 g/mol. The summed E-state index contributed by atoms with van der Waals surface area (Å²) < 4.78 is 2.07. The van der Waals surface area contributed by atoms with E-state index in [1.54, 1.807) is 0 Å². The van der Waals surface area contributed by atoms with E-state index in [1.807, 2.05) is 6.92 Å². The van der Waals surface area contributed by atoms with Crippen LogP contribution in [0.5, 0.6) is 0 Å². The summed E-state index contributed by atoms with van der Waals surface area (Å²) in [5.41, 5.74) is 0. The highest BCUT2D eigenvalue weighted by Gasteiger charge is 2.16. The number of rotatable bonds is 6. The van der Waals surface area contributed by atoms with Crippen molar-refractivity contribution in [1.82, 2.24) is 14.8 Å². The van der Waals surface area contributed by atoms with E-state index in [4.69, 9.17) is 11.6 Å². The Morgan fingerprint density at radius 2 is 1.93 bits per heavy atom. The standard InChI is InChI=1S/C11H20ClN3/c1-4-6-8-10(7-5-2)15-9(3)13-14-11(15)12/h10H,4-8H2,1-3H3. The van der Waals surface area contributed by atoms with Gasteiger partial charge in [0.1, 0.15) is 5.82 Å². The molecule has 3 nitrogen and oxygen atoms in total. The molecule has 0 radical (unpaired) electrons. The third-order valence-electron chi connectivity index (χ3n) is 2.70. The van der Waals surface area contributed by atoms with E-state index in [0.29, 0.717) is 11.3 Å². The van der Waals surface area contributed by atoms with Gasteiger partial charge in [0, 0.05) is 6.04 Å². The molecule has 0 fully saturated rings. The van der Waals surface area contributed by atoms with Crippen LogP contribution in [-0.4, -0.2) is 14.8 Å². The lowest BCUT2D eigenvalue weighted by molar-refractivity contribution is 0.410. The molecule has 0 saturated carbocycles. The molecule has 0 aliphatic heterocycles. The Hall–Kier alpha value is -0.570. The summed E-state index contributed by atoms with van der Waals surface area (Å²) in [6.45, 7) is 6.38. The second kappa shape index (κ2) is 6.11. The molecular formula is C11H20ClN3. The Morgan fingerprint density at radius 1 is 1.20 bits per heavy atom. The van der Waals surface area contributed by atoms with Crippen molar-refractivity contribution in [3.05, 3.63) is 11.1 Å². The first-order valence-electron chi connectivity index (χ1n) is 5.77. The van der Waals surface area contributed by atoms with Crippen LogP contribution in [0.2, 0.25) is 5.28 Å². The van der Waals surface area contributed by atoms with Gasteiger partial charge in [-0.1, -0.05) is 33.1 Å². The SMILES string of the molecule is CCCCC(CCC)n1c(C)nnc1Cl. The maximum Gasteiger partial charge on any atom is 0.225 e. The number of hydrogen-bond donors (Lipinski definition) is 0. The van der Waals surface area contributed by atoms with Gasteiger partial charge in [-0.15, -0.1) is 10.2 Å². The van der Waals surface area contributed by atoms with E-state index in [-0.39, 0.29) is 0 Å². The molecule has 86 valence electrons. The van der Waals surface area contributed by atoms with Crippen molar-refractivity contribution < 1.29 is 0 Å². The predicted octanol–water partition coefficient (Wildman–Crippen LogP) is 3.77. The Kier molecular flexibility index (Phi) is 5.09. The molecular weight excluding hydrogens is 210 g/mol. The summed E-state index contributed by atoms with van der Waals surface area (Å²) in [4.78, 5) is 0. The van der Waals surface area contributed by atoms with Gasteiger partial charge < -0.3 is 0 Å². The minimum Gasteiger partial charge on any atom is -0.299 e. The molecule has 1 rings (SSSR count). The van der Waals surface area contributed by atoms with Crippen LogP contribution in [0.3, 0.4) is 0 Å². The summed E-state index contributed by atoms with van der Waals surface area (Å²) in [5, 5.41) is 8.44. The van der Waals surface area contributed by atoms with Crippen LogP contribution in [0.4, 0.5) is 0 Å². The number of nitrogens with zero attached hydrogens (tertiary/aromatic N) is 3. The largest absolute Gasteiger partial charge is 0.299 e. The Morgan fingerprint density at radius 3 is 2.40 bits per heavy atom. The number of aryl methyl sites for hydroxylation is 1. The van der Waals surface area contributed by atoms with Crippen molar-refractivity contribution in [2.24, 2.45) is 0 Å². The highest BCUT2D eigenvalue weighted by Crippen LogP contribution is 2.25. The van der Waals surface area contributed by atoms with Gasteiger partial charge in [-0.2, -0.15) is 0 Å². The number of hydrogen-bond acceptors (Lipinski definition) is 2. The van der Waals surface area contributed by atoms with E-state index >= 15 is 0 Å². The molecule has 0 aliphatic carbocycles. The van der Waals surface area contributed by atoms with Crippen molar-refractivity contribution in [3.8, 4) is 0 Å². The summed E-state index contributed by atoms with van der Waals surface area (Å²) in [6, 6.07) is 0.470. The zero-order chi connectivity index (χ0) is 11.3. The first-order chi connectivity index (χ1) is 7.20. The van der Waals surface area contributed by atoms with Crippen LogP contribution in [0.25, 0.3) is 0 Å². The first kappa shape index (κ1) is 12.5.